The molecule has 0 N–H and O–H groups in total. The first kappa shape index (κ1) is 18.4. The molecule has 4 rings (SSSR count). The van der Waals surface area contributed by atoms with Crippen molar-refractivity contribution in [3.05, 3.63) is 48.4 Å². The van der Waals surface area contributed by atoms with Gasteiger partial charge in [0.1, 0.15) is 17.2 Å². The molecular formula is C20H23N5O3. The van der Waals surface area contributed by atoms with E-state index in [-0.39, 0.29) is 18.0 Å². The van der Waals surface area contributed by atoms with E-state index in [1.54, 1.807) is 18.0 Å². The number of rotatable bonds is 6. The second-order valence-corrected chi connectivity index (χ2v) is 6.98. The summed E-state index contributed by atoms with van der Waals surface area (Å²) >= 11 is 0. The molecule has 0 aliphatic carbocycles. The number of aryl methyl sites for hydroxylation is 2. The van der Waals surface area contributed by atoms with Crippen LogP contribution in [0.5, 0.6) is 5.75 Å². The summed E-state index contributed by atoms with van der Waals surface area (Å²) in [5, 5.41) is 8.36. The van der Waals surface area contributed by atoms with Crippen molar-refractivity contribution in [1.29, 1.82) is 0 Å². The number of hydrogen-bond donors (Lipinski definition) is 0. The molecule has 1 aromatic carbocycles. The zero-order valence-electron chi connectivity index (χ0n) is 16.0. The van der Waals surface area contributed by atoms with E-state index < -0.39 is 0 Å². The number of Topliss-reactive ketones (excluding diaryl/α,β-unsaturated/α-hetero) is 1. The lowest BCUT2D eigenvalue weighted by atomic mass is 9.96. The van der Waals surface area contributed by atoms with E-state index in [1.807, 2.05) is 48.3 Å². The van der Waals surface area contributed by atoms with Gasteiger partial charge in [0, 0.05) is 38.8 Å². The molecule has 2 aromatic heterocycles. The predicted molar refractivity (Wildman–Crippen MR) is 102 cm³/mol. The first-order valence-corrected chi connectivity index (χ1v) is 9.31. The van der Waals surface area contributed by atoms with Gasteiger partial charge in [0.25, 0.3) is 0 Å². The van der Waals surface area contributed by atoms with Crippen LogP contribution in [0.25, 0.3) is 11.5 Å². The van der Waals surface area contributed by atoms with Crippen LogP contribution in [-0.2, 0) is 23.1 Å². The largest absolute Gasteiger partial charge is 0.497 e. The smallest absolute Gasteiger partial charge is 0.161 e. The number of hydrogen-bond acceptors (Lipinski definition) is 6. The van der Waals surface area contributed by atoms with Crippen LogP contribution in [-0.4, -0.2) is 43.5 Å². The summed E-state index contributed by atoms with van der Waals surface area (Å²) in [6, 6.07) is 7.69. The Labute approximate surface area is 163 Å². The number of carbonyl (C=O) groups is 1. The molecule has 2 atom stereocenters. The molecule has 146 valence electrons. The van der Waals surface area contributed by atoms with Crippen molar-refractivity contribution in [2.75, 3.05) is 7.11 Å². The number of methoxy groups -OCH3 is 1. The van der Waals surface area contributed by atoms with Crippen molar-refractivity contribution in [2.24, 2.45) is 7.05 Å². The Bertz CT molecular complexity index is 947. The van der Waals surface area contributed by atoms with E-state index in [2.05, 4.69) is 15.3 Å². The van der Waals surface area contributed by atoms with Crippen LogP contribution in [0.1, 0.15) is 30.9 Å². The van der Waals surface area contributed by atoms with Crippen LogP contribution in [0.4, 0.5) is 0 Å². The quantitative estimate of drug-likeness (QED) is 0.652. The number of imidazole rings is 1. The molecule has 28 heavy (non-hydrogen) atoms. The van der Waals surface area contributed by atoms with E-state index >= 15 is 0 Å². The maximum atomic E-state index is 12.2. The lowest BCUT2D eigenvalue weighted by Crippen LogP contribution is -2.29. The summed E-state index contributed by atoms with van der Waals surface area (Å²) < 4.78 is 15.1. The van der Waals surface area contributed by atoms with Crippen LogP contribution in [0.15, 0.2) is 42.9 Å². The Balaban J connectivity index is 1.38. The van der Waals surface area contributed by atoms with Gasteiger partial charge in [-0.3, -0.25) is 9.48 Å². The predicted octanol–water partition coefficient (Wildman–Crippen LogP) is 2.57. The van der Waals surface area contributed by atoms with Gasteiger partial charge in [-0.25, -0.2) is 4.98 Å². The zero-order chi connectivity index (χ0) is 19.5. The summed E-state index contributed by atoms with van der Waals surface area (Å²) in [6.07, 6.45) is 6.67. The maximum absolute atomic E-state index is 12.2. The van der Waals surface area contributed by atoms with E-state index in [0.29, 0.717) is 25.8 Å². The number of ether oxygens (including phenoxy) is 2. The van der Waals surface area contributed by atoms with Crippen molar-refractivity contribution >= 4 is 5.78 Å². The first-order valence-electron chi connectivity index (χ1n) is 9.31. The highest BCUT2D eigenvalue weighted by Gasteiger charge is 2.29. The minimum atomic E-state index is -0.212. The van der Waals surface area contributed by atoms with E-state index in [1.165, 1.54) is 0 Å². The molecule has 1 saturated heterocycles. The van der Waals surface area contributed by atoms with Crippen molar-refractivity contribution in [3.8, 4) is 17.3 Å². The van der Waals surface area contributed by atoms with Gasteiger partial charge in [-0.1, -0.05) is 17.3 Å². The Morgan fingerprint density at radius 2 is 2.07 bits per heavy atom. The molecule has 0 saturated carbocycles. The minimum Gasteiger partial charge on any atom is -0.497 e. The normalized spacial score (nSPS) is 19.7. The fourth-order valence-corrected chi connectivity index (χ4v) is 3.46. The fourth-order valence-electron chi connectivity index (χ4n) is 3.46. The topological polar surface area (TPSA) is 84.1 Å². The van der Waals surface area contributed by atoms with Crippen molar-refractivity contribution in [1.82, 2.24) is 24.5 Å². The van der Waals surface area contributed by atoms with Crippen molar-refractivity contribution < 1.29 is 14.3 Å². The second-order valence-electron chi connectivity index (χ2n) is 6.98. The van der Waals surface area contributed by atoms with E-state index in [0.717, 1.165) is 22.8 Å². The average Bonchev–Trinajstić information content (AvgIpc) is 3.34. The summed E-state index contributed by atoms with van der Waals surface area (Å²) in [4.78, 5) is 16.5. The lowest BCUT2D eigenvalue weighted by Gasteiger charge is -2.29. The van der Waals surface area contributed by atoms with E-state index in [9.17, 15) is 4.79 Å². The number of carbonyl (C=O) groups excluding carboxylic acids is 1. The lowest BCUT2D eigenvalue weighted by molar-refractivity contribution is -0.136. The molecular weight excluding hydrogens is 358 g/mol. The molecule has 1 aliphatic heterocycles. The highest BCUT2D eigenvalue weighted by molar-refractivity contribution is 5.80. The van der Waals surface area contributed by atoms with Crippen molar-refractivity contribution in [2.45, 2.75) is 38.0 Å². The van der Waals surface area contributed by atoms with Gasteiger partial charge in [0.05, 0.1) is 25.5 Å². The molecule has 1 aliphatic rings. The molecule has 3 aromatic rings. The average molecular weight is 381 g/mol. The summed E-state index contributed by atoms with van der Waals surface area (Å²) in [5.41, 5.74) is 1.72. The molecule has 3 heterocycles. The first-order chi connectivity index (χ1) is 13.6. The van der Waals surface area contributed by atoms with Crippen LogP contribution >= 0.6 is 0 Å². The highest BCUT2D eigenvalue weighted by Crippen LogP contribution is 2.31. The summed E-state index contributed by atoms with van der Waals surface area (Å²) in [6.45, 7) is 0.630. The standard InChI is InChI=1S/C20H23N5O3/c1-24-10-8-21-20(24)18-13-25(23-22-18)9-7-17-11-15(26)12-19(28-17)14-3-5-16(27-2)6-4-14/h3-6,8,10,13,17,19H,7,9,11-12H2,1-2H3/t17-,19-/m1/s1. The van der Waals surface area contributed by atoms with Crippen LogP contribution in [0.3, 0.4) is 0 Å². The SMILES string of the molecule is COc1ccc([C@H]2CC(=O)C[C@@H](CCn3cc(-c4nccn4C)nn3)O2)cc1. The third-order valence-corrected chi connectivity index (χ3v) is 4.98. The van der Waals surface area contributed by atoms with Crippen LogP contribution < -0.4 is 4.74 Å². The highest BCUT2D eigenvalue weighted by atomic mass is 16.5. The van der Waals surface area contributed by atoms with Gasteiger partial charge in [-0.2, -0.15) is 0 Å². The van der Waals surface area contributed by atoms with Gasteiger partial charge in [0.2, 0.25) is 0 Å². The Morgan fingerprint density at radius 3 is 2.79 bits per heavy atom. The summed E-state index contributed by atoms with van der Waals surface area (Å²) in [5.74, 6) is 1.79. The maximum Gasteiger partial charge on any atom is 0.161 e. The third kappa shape index (κ3) is 3.96. The van der Waals surface area contributed by atoms with Crippen LogP contribution in [0.2, 0.25) is 0 Å². The molecule has 0 unspecified atom stereocenters. The Morgan fingerprint density at radius 1 is 1.25 bits per heavy atom. The van der Waals surface area contributed by atoms with Crippen molar-refractivity contribution in [3.63, 3.8) is 0 Å². The van der Waals surface area contributed by atoms with Gasteiger partial charge in [-0.15, -0.1) is 5.10 Å². The summed E-state index contributed by atoms with van der Waals surface area (Å²) in [7, 11) is 3.55. The Kier molecular flexibility index (Phi) is 5.21. The van der Waals surface area contributed by atoms with Crippen LogP contribution in [0, 0.1) is 0 Å². The monoisotopic (exact) mass is 381 g/mol. The Hall–Kier alpha value is -3.00. The third-order valence-electron chi connectivity index (χ3n) is 4.98. The number of ketones is 1. The molecule has 8 heteroatoms. The number of aromatic nitrogens is 5. The van der Waals surface area contributed by atoms with Gasteiger partial charge in [0.15, 0.2) is 5.82 Å². The molecule has 8 nitrogen and oxygen atoms in total. The van der Waals surface area contributed by atoms with Gasteiger partial charge >= 0.3 is 0 Å². The molecule has 0 radical (unpaired) electrons. The van der Waals surface area contributed by atoms with Gasteiger partial charge in [-0.05, 0) is 24.1 Å². The molecule has 0 amide bonds. The van der Waals surface area contributed by atoms with E-state index in [4.69, 9.17) is 9.47 Å². The van der Waals surface area contributed by atoms with Gasteiger partial charge < -0.3 is 14.0 Å². The number of nitrogens with zero attached hydrogens (tertiary/aromatic N) is 5. The number of benzene rings is 1. The molecule has 0 bridgehead atoms. The molecule has 0 spiro atoms. The zero-order valence-corrected chi connectivity index (χ0v) is 16.0. The molecule has 1 fully saturated rings. The second kappa shape index (κ2) is 7.93. The fraction of sp³-hybridized carbons (Fsp3) is 0.400. The minimum absolute atomic E-state index is 0.130.